The molecule has 5 heteroatoms. The van der Waals surface area contributed by atoms with Crippen LogP contribution in [0.3, 0.4) is 0 Å². The fraction of sp³-hybridized carbons (Fsp3) is 0.429. The van der Waals surface area contributed by atoms with Crippen molar-refractivity contribution < 1.29 is 9.90 Å². The Bertz CT molecular complexity index is 272. The number of carboxylic acid groups (broad SMARTS) is 1. The van der Waals surface area contributed by atoms with Crippen molar-refractivity contribution in [2.45, 2.75) is 13.5 Å². The molecule has 0 aromatic carbocycles. The Labute approximate surface area is 74.3 Å². The number of aryl methyl sites for hydroxylation is 1. The van der Waals surface area contributed by atoms with Gasteiger partial charge in [-0.3, -0.25) is 4.79 Å². The van der Waals surface area contributed by atoms with Crippen LogP contribution in [-0.2, 0) is 11.3 Å². The Morgan fingerprint density at radius 2 is 2.58 bits per heavy atom. The number of rotatable bonds is 4. The van der Waals surface area contributed by atoms with Crippen molar-refractivity contribution in [1.82, 2.24) is 10.3 Å². The van der Waals surface area contributed by atoms with E-state index in [4.69, 9.17) is 5.11 Å². The van der Waals surface area contributed by atoms with E-state index in [0.29, 0.717) is 6.54 Å². The molecule has 1 rings (SSSR count). The molecule has 0 bridgehead atoms. The Kier molecular flexibility index (Phi) is 3.19. The lowest BCUT2D eigenvalue weighted by Crippen LogP contribution is -2.21. The van der Waals surface area contributed by atoms with Crippen LogP contribution in [-0.4, -0.2) is 22.6 Å². The predicted molar refractivity (Wildman–Crippen MR) is 46.2 cm³/mol. The quantitative estimate of drug-likeness (QED) is 0.723. The summed E-state index contributed by atoms with van der Waals surface area (Å²) in [6, 6.07) is 0. The minimum absolute atomic E-state index is 0.0153. The molecule has 0 unspecified atom stereocenters. The summed E-state index contributed by atoms with van der Waals surface area (Å²) in [5, 5.41) is 12.0. The minimum atomic E-state index is -0.844. The van der Waals surface area contributed by atoms with Gasteiger partial charge in [0.15, 0.2) is 0 Å². The van der Waals surface area contributed by atoms with Gasteiger partial charge in [0.25, 0.3) is 0 Å². The van der Waals surface area contributed by atoms with Crippen LogP contribution in [0.25, 0.3) is 0 Å². The molecule has 0 amide bonds. The van der Waals surface area contributed by atoms with Crippen LogP contribution in [0.5, 0.6) is 0 Å². The smallest absolute Gasteiger partial charge is 0.317 e. The number of thiazole rings is 1. The maximum Gasteiger partial charge on any atom is 0.317 e. The lowest BCUT2D eigenvalue weighted by atomic mass is 10.6. The molecular weight excluding hydrogens is 176 g/mol. The Morgan fingerprint density at radius 3 is 3.08 bits per heavy atom. The fourth-order valence-electron chi connectivity index (χ4n) is 0.760. The van der Waals surface area contributed by atoms with E-state index in [1.807, 2.05) is 6.92 Å². The van der Waals surface area contributed by atoms with E-state index in [1.54, 1.807) is 17.5 Å². The second-order valence-electron chi connectivity index (χ2n) is 2.36. The van der Waals surface area contributed by atoms with Gasteiger partial charge in [-0.05, 0) is 6.92 Å². The third-order valence-electron chi connectivity index (χ3n) is 1.22. The van der Waals surface area contributed by atoms with Crippen molar-refractivity contribution >= 4 is 17.3 Å². The standard InChI is InChI=1S/C7H10N2O2S/c1-5-2-9-6(12-5)3-8-4-7(10)11/h2,8H,3-4H2,1H3,(H,10,11). The molecule has 0 saturated heterocycles. The maximum atomic E-state index is 10.1. The summed E-state index contributed by atoms with van der Waals surface area (Å²) in [7, 11) is 0. The fourth-order valence-corrected chi connectivity index (χ4v) is 1.52. The van der Waals surface area contributed by atoms with E-state index < -0.39 is 5.97 Å². The summed E-state index contributed by atoms with van der Waals surface area (Å²) in [5.74, 6) is -0.844. The van der Waals surface area contributed by atoms with E-state index in [9.17, 15) is 4.79 Å². The molecule has 0 radical (unpaired) electrons. The number of carbonyl (C=O) groups is 1. The average Bonchev–Trinajstić information content (AvgIpc) is 2.35. The van der Waals surface area contributed by atoms with E-state index in [-0.39, 0.29) is 6.54 Å². The summed E-state index contributed by atoms with van der Waals surface area (Å²) in [6.45, 7) is 2.49. The third kappa shape index (κ3) is 2.98. The van der Waals surface area contributed by atoms with Crippen LogP contribution in [0, 0.1) is 6.92 Å². The lowest BCUT2D eigenvalue weighted by Gasteiger charge is -1.95. The number of hydrogen-bond acceptors (Lipinski definition) is 4. The zero-order chi connectivity index (χ0) is 8.97. The van der Waals surface area contributed by atoms with Crippen LogP contribution in [0.15, 0.2) is 6.20 Å². The van der Waals surface area contributed by atoms with E-state index >= 15 is 0 Å². The lowest BCUT2D eigenvalue weighted by molar-refractivity contribution is -0.135. The molecule has 0 saturated carbocycles. The first-order valence-electron chi connectivity index (χ1n) is 3.52. The van der Waals surface area contributed by atoms with Crippen molar-refractivity contribution in [2.24, 2.45) is 0 Å². The van der Waals surface area contributed by atoms with Gasteiger partial charge >= 0.3 is 5.97 Å². The van der Waals surface area contributed by atoms with Crippen molar-refractivity contribution in [3.63, 3.8) is 0 Å². The summed E-state index contributed by atoms with van der Waals surface area (Å²) >= 11 is 1.57. The monoisotopic (exact) mass is 186 g/mol. The van der Waals surface area contributed by atoms with Gasteiger partial charge in [0, 0.05) is 17.6 Å². The Hall–Kier alpha value is -0.940. The largest absolute Gasteiger partial charge is 0.480 e. The first kappa shape index (κ1) is 9.15. The molecule has 0 atom stereocenters. The molecule has 1 aromatic heterocycles. The first-order valence-corrected chi connectivity index (χ1v) is 4.34. The number of hydrogen-bond donors (Lipinski definition) is 2. The Balaban J connectivity index is 2.29. The molecule has 1 aromatic rings. The van der Waals surface area contributed by atoms with Crippen LogP contribution in [0.1, 0.15) is 9.88 Å². The first-order chi connectivity index (χ1) is 5.68. The van der Waals surface area contributed by atoms with Gasteiger partial charge in [-0.25, -0.2) is 4.98 Å². The highest BCUT2D eigenvalue weighted by atomic mass is 32.1. The van der Waals surface area contributed by atoms with Crippen LogP contribution >= 0.6 is 11.3 Å². The van der Waals surface area contributed by atoms with Gasteiger partial charge in [-0.1, -0.05) is 0 Å². The Morgan fingerprint density at radius 1 is 1.83 bits per heavy atom. The average molecular weight is 186 g/mol. The van der Waals surface area contributed by atoms with Crippen molar-refractivity contribution in [3.8, 4) is 0 Å². The topological polar surface area (TPSA) is 62.2 Å². The highest BCUT2D eigenvalue weighted by molar-refractivity contribution is 7.11. The summed E-state index contributed by atoms with van der Waals surface area (Å²) in [4.78, 5) is 15.3. The van der Waals surface area contributed by atoms with E-state index in [1.165, 1.54) is 0 Å². The summed E-state index contributed by atoms with van der Waals surface area (Å²) in [6.07, 6.45) is 1.78. The van der Waals surface area contributed by atoms with E-state index in [0.717, 1.165) is 9.88 Å². The van der Waals surface area contributed by atoms with Crippen LogP contribution < -0.4 is 5.32 Å². The second kappa shape index (κ2) is 4.18. The van der Waals surface area contributed by atoms with Gasteiger partial charge in [0.1, 0.15) is 5.01 Å². The molecule has 0 aliphatic rings. The molecule has 1 heterocycles. The molecule has 0 aliphatic carbocycles. The van der Waals surface area contributed by atoms with Gasteiger partial charge in [0.05, 0.1) is 6.54 Å². The normalized spacial score (nSPS) is 10.1. The number of aliphatic carboxylic acids is 1. The summed E-state index contributed by atoms with van der Waals surface area (Å²) in [5.41, 5.74) is 0. The number of aromatic nitrogens is 1. The van der Waals surface area contributed by atoms with Gasteiger partial charge in [0.2, 0.25) is 0 Å². The zero-order valence-electron chi connectivity index (χ0n) is 6.70. The van der Waals surface area contributed by atoms with Gasteiger partial charge in [-0.15, -0.1) is 11.3 Å². The SMILES string of the molecule is Cc1cnc(CNCC(=O)O)s1. The number of carboxylic acids is 1. The van der Waals surface area contributed by atoms with Crippen molar-refractivity contribution in [1.29, 1.82) is 0 Å². The van der Waals surface area contributed by atoms with Gasteiger partial charge in [-0.2, -0.15) is 0 Å². The molecule has 0 fully saturated rings. The molecule has 12 heavy (non-hydrogen) atoms. The van der Waals surface area contributed by atoms with Crippen LogP contribution in [0.4, 0.5) is 0 Å². The highest BCUT2D eigenvalue weighted by Gasteiger charge is 1.99. The van der Waals surface area contributed by atoms with Crippen molar-refractivity contribution in [2.75, 3.05) is 6.54 Å². The van der Waals surface area contributed by atoms with Crippen LogP contribution in [0.2, 0.25) is 0 Å². The molecule has 0 aliphatic heterocycles. The third-order valence-corrected chi connectivity index (χ3v) is 2.13. The van der Waals surface area contributed by atoms with Crippen molar-refractivity contribution in [3.05, 3.63) is 16.1 Å². The molecule has 66 valence electrons. The second-order valence-corrected chi connectivity index (χ2v) is 3.68. The molecule has 0 spiro atoms. The molecular formula is C7H10N2O2S. The predicted octanol–water partition coefficient (Wildman–Crippen LogP) is 0.626. The van der Waals surface area contributed by atoms with E-state index in [2.05, 4.69) is 10.3 Å². The summed E-state index contributed by atoms with van der Waals surface area (Å²) < 4.78 is 0. The maximum absolute atomic E-state index is 10.1. The minimum Gasteiger partial charge on any atom is -0.480 e. The highest BCUT2D eigenvalue weighted by Crippen LogP contribution is 2.09. The number of nitrogens with one attached hydrogen (secondary N) is 1. The number of nitrogens with zero attached hydrogens (tertiary/aromatic N) is 1. The zero-order valence-corrected chi connectivity index (χ0v) is 7.52. The molecule has 2 N–H and O–H groups in total. The van der Waals surface area contributed by atoms with Gasteiger partial charge < -0.3 is 10.4 Å². The molecule has 4 nitrogen and oxygen atoms in total.